The fourth-order valence-electron chi connectivity index (χ4n) is 1.15. The van der Waals surface area contributed by atoms with Crippen LogP contribution >= 0.6 is 0 Å². The van der Waals surface area contributed by atoms with E-state index in [-0.39, 0.29) is 17.1 Å². The fraction of sp³-hybridized carbons (Fsp3) is 0.100. The van der Waals surface area contributed by atoms with Crippen LogP contribution in [0.1, 0.15) is 0 Å². The van der Waals surface area contributed by atoms with E-state index in [9.17, 15) is 10.1 Å². The van der Waals surface area contributed by atoms with E-state index in [1.165, 1.54) is 25.3 Å². The first-order chi connectivity index (χ1) is 8.99. The summed E-state index contributed by atoms with van der Waals surface area (Å²) in [4.78, 5) is 10.2. The summed E-state index contributed by atoms with van der Waals surface area (Å²) in [6.07, 6.45) is 0. The molecule has 1 aromatic rings. The van der Waals surface area contributed by atoms with Crippen LogP contribution in [0.3, 0.4) is 0 Å². The van der Waals surface area contributed by atoms with Crippen LogP contribution in [0.5, 0.6) is 5.75 Å². The minimum absolute atomic E-state index is 0.0554. The zero-order valence-corrected chi connectivity index (χ0v) is 9.88. The summed E-state index contributed by atoms with van der Waals surface area (Å²) in [7, 11) is 1.38. The molecule has 1 aromatic carbocycles. The molecule has 0 radical (unpaired) electrons. The molecule has 1 rings (SSSR count). The van der Waals surface area contributed by atoms with E-state index in [1.54, 1.807) is 6.07 Å². The molecule has 0 heterocycles. The van der Waals surface area contributed by atoms with E-state index in [0.717, 1.165) is 0 Å². The number of nitrogens with one attached hydrogen (secondary N) is 2. The minimum atomic E-state index is -0.625. The van der Waals surface area contributed by atoms with Gasteiger partial charge in [-0.15, -0.1) is 0 Å². The molecule has 0 amide bonds. The monoisotopic (exact) mass is 262 g/mol. The third-order valence-corrected chi connectivity index (χ3v) is 2.05. The molecule has 0 saturated heterocycles. The van der Waals surface area contributed by atoms with E-state index in [1.807, 2.05) is 0 Å². The van der Waals surface area contributed by atoms with Crippen molar-refractivity contribution in [1.82, 2.24) is 0 Å². The zero-order chi connectivity index (χ0) is 14.4. The van der Waals surface area contributed by atoms with Crippen molar-refractivity contribution in [1.29, 1.82) is 10.7 Å². The van der Waals surface area contributed by atoms with Crippen LogP contribution in [-0.4, -0.2) is 23.6 Å². The molecule has 0 unspecified atom stereocenters. The van der Waals surface area contributed by atoms with Gasteiger partial charge in [0, 0.05) is 0 Å². The Balaban J connectivity index is 3.11. The second-order valence-electron chi connectivity index (χ2n) is 3.24. The van der Waals surface area contributed by atoms with Gasteiger partial charge in [0.15, 0.2) is 5.84 Å². The lowest BCUT2D eigenvalue weighted by Crippen LogP contribution is -2.21. The highest BCUT2D eigenvalue weighted by Crippen LogP contribution is 2.28. The molecule has 19 heavy (non-hydrogen) atoms. The fourth-order valence-corrected chi connectivity index (χ4v) is 1.15. The van der Waals surface area contributed by atoms with E-state index in [4.69, 9.17) is 21.1 Å². The summed E-state index contributed by atoms with van der Waals surface area (Å²) >= 11 is 0. The maximum atomic E-state index is 10.9. The van der Waals surface area contributed by atoms with Gasteiger partial charge >= 0.3 is 0 Å². The van der Waals surface area contributed by atoms with Gasteiger partial charge in [0.25, 0.3) is 5.69 Å². The number of nitrogens with two attached hydrogens (primary N) is 1. The Labute approximate surface area is 107 Å². The molecule has 0 aliphatic carbocycles. The Bertz CT molecular complexity index is 589. The first kappa shape index (κ1) is 13.9. The quantitative estimate of drug-likeness (QED) is 0.309. The third kappa shape index (κ3) is 3.40. The van der Waals surface area contributed by atoms with Gasteiger partial charge in [0.05, 0.1) is 18.1 Å². The first-order valence-corrected chi connectivity index (χ1v) is 4.90. The van der Waals surface area contributed by atoms with Gasteiger partial charge < -0.3 is 10.5 Å². The lowest BCUT2D eigenvalue weighted by Gasteiger charge is -2.04. The van der Waals surface area contributed by atoms with Crippen molar-refractivity contribution in [3.63, 3.8) is 0 Å². The summed E-state index contributed by atoms with van der Waals surface area (Å²) in [5, 5.41) is 30.1. The van der Waals surface area contributed by atoms with Crippen molar-refractivity contribution in [2.24, 2.45) is 10.8 Å². The molecule has 9 heteroatoms. The topological polar surface area (TPSA) is 150 Å². The zero-order valence-electron chi connectivity index (χ0n) is 9.88. The Morgan fingerprint density at radius 2 is 2.37 bits per heavy atom. The number of nitrogens with zero attached hydrogens (tertiary/aromatic N) is 3. The average molecular weight is 262 g/mol. The van der Waals surface area contributed by atoms with Crippen molar-refractivity contribution in [3.8, 4) is 11.8 Å². The molecule has 0 saturated carbocycles. The lowest BCUT2D eigenvalue weighted by molar-refractivity contribution is -0.384. The van der Waals surface area contributed by atoms with Crippen LogP contribution in [0.2, 0.25) is 0 Å². The first-order valence-electron chi connectivity index (χ1n) is 4.90. The highest BCUT2D eigenvalue weighted by atomic mass is 16.6. The molecule has 0 bridgehead atoms. The molecule has 0 aliphatic heterocycles. The molecular weight excluding hydrogens is 252 g/mol. The number of amidine groups is 1. The molecule has 0 aliphatic rings. The summed E-state index contributed by atoms with van der Waals surface area (Å²) in [6.45, 7) is 0. The van der Waals surface area contributed by atoms with Crippen molar-refractivity contribution in [2.45, 2.75) is 0 Å². The SMILES string of the molecule is COc1ccc(N/N=C(\C#N)C(=N)N)c([N+](=O)[O-])c1. The smallest absolute Gasteiger partial charge is 0.297 e. The van der Waals surface area contributed by atoms with Crippen LogP contribution in [0.15, 0.2) is 23.3 Å². The van der Waals surface area contributed by atoms with Crippen molar-refractivity contribution in [3.05, 3.63) is 28.3 Å². The van der Waals surface area contributed by atoms with Gasteiger partial charge in [-0.1, -0.05) is 0 Å². The highest BCUT2D eigenvalue weighted by Gasteiger charge is 2.15. The van der Waals surface area contributed by atoms with Gasteiger partial charge in [-0.05, 0) is 12.1 Å². The number of hydrazone groups is 1. The summed E-state index contributed by atoms with van der Waals surface area (Å²) in [5.74, 6) is -0.223. The molecule has 98 valence electrons. The van der Waals surface area contributed by atoms with Gasteiger partial charge in [-0.2, -0.15) is 10.4 Å². The van der Waals surface area contributed by atoms with Gasteiger partial charge in [-0.25, -0.2) is 0 Å². The molecule has 0 atom stereocenters. The Morgan fingerprint density at radius 1 is 1.68 bits per heavy atom. The van der Waals surface area contributed by atoms with Crippen molar-refractivity contribution < 1.29 is 9.66 Å². The summed E-state index contributed by atoms with van der Waals surface area (Å²) in [5.41, 5.74) is 6.83. The van der Waals surface area contributed by atoms with Crippen LogP contribution in [0.4, 0.5) is 11.4 Å². The third-order valence-electron chi connectivity index (χ3n) is 2.05. The number of hydrogen-bond acceptors (Lipinski definition) is 7. The normalized spacial score (nSPS) is 10.4. The summed E-state index contributed by atoms with van der Waals surface area (Å²) in [6, 6.07) is 5.65. The number of anilines is 1. The Kier molecular flexibility index (Phi) is 4.37. The van der Waals surface area contributed by atoms with E-state index in [0.29, 0.717) is 5.75 Å². The van der Waals surface area contributed by atoms with Crippen molar-refractivity contribution in [2.75, 3.05) is 12.5 Å². The lowest BCUT2D eigenvalue weighted by atomic mass is 10.2. The maximum absolute atomic E-state index is 10.9. The predicted octanol–water partition coefficient (Wildman–Crippen LogP) is 0.831. The number of nitro groups is 1. The highest BCUT2D eigenvalue weighted by molar-refractivity contribution is 6.45. The minimum Gasteiger partial charge on any atom is -0.496 e. The van der Waals surface area contributed by atoms with Crippen LogP contribution in [-0.2, 0) is 0 Å². The number of nitro benzene ring substituents is 1. The van der Waals surface area contributed by atoms with E-state index in [2.05, 4.69) is 10.5 Å². The second-order valence-corrected chi connectivity index (χ2v) is 3.24. The van der Waals surface area contributed by atoms with Crippen LogP contribution in [0.25, 0.3) is 0 Å². The van der Waals surface area contributed by atoms with Gasteiger partial charge in [0.2, 0.25) is 5.71 Å². The predicted molar refractivity (Wildman–Crippen MR) is 68.2 cm³/mol. The molecule has 0 spiro atoms. The van der Waals surface area contributed by atoms with Crippen molar-refractivity contribution >= 4 is 22.9 Å². The molecular formula is C10H10N6O3. The molecule has 0 aromatic heterocycles. The molecule has 4 N–H and O–H groups in total. The number of benzene rings is 1. The Hall–Kier alpha value is -3.15. The van der Waals surface area contributed by atoms with Gasteiger partial charge in [-0.3, -0.25) is 20.9 Å². The van der Waals surface area contributed by atoms with E-state index < -0.39 is 10.8 Å². The number of nitriles is 1. The summed E-state index contributed by atoms with van der Waals surface area (Å²) < 4.78 is 4.87. The second kappa shape index (κ2) is 5.97. The number of ether oxygens (including phenoxy) is 1. The number of hydrogen-bond donors (Lipinski definition) is 3. The van der Waals surface area contributed by atoms with E-state index >= 15 is 0 Å². The largest absolute Gasteiger partial charge is 0.496 e. The average Bonchev–Trinajstić information content (AvgIpc) is 2.38. The maximum Gasteiger partial charge on any atom is 0.297 e. The van der Waals surface area contributed by atoms with Gasteiger partial charge in [0.1, 0.15) is 17.5 Å². The number of rotatable bonds is 5. The molecule has 0 fully saturated rings. The molecule has 9 nitrogen and oxygen atoms in total. The number of methoxy groups -OCH3 is 1. The standard InChI is InChI=1S/C10H10N6O3/c1-19-6-2-3-7(9(4-6)16(17)18)14-15-8(5-11)10(12)13/h2-4,14H,1H3,(H3,12,13)/b15-8+. The van der Waals surface area contributed by atoms with Crippen LogP contribution < -0.4 is 15.9 Å². The van der Waals surface area contributed by atoms with Crippen LogP contribution in [0, 0.1) is 26.9 Å². The Morgan fingerprint density at radius 3 is 2.84 bits per heavy atom.